The summed E-state index contributed by atoms with van der Waals surface area (Å²) in [5.74, 6) is 0.217. The van der Waals surface area contributed by atoms with Crippen LogP contribution in [0, 0.1) is 18.2 Å². The summed E-state index contributed by atoms with van der Waals surface area (Å²) in [5.41, 5.74) is 9.61. The number of para-hydroxylation sites is 1. The van der Waals surface area contributed by atoms with Crippen LogP contribution in [0.2, 0.25) is 0 Å². The number of H-pyrrole nitrogens is 1. The highest BCUT2D eigenvalue weighted by molar-refractivity contribution is 6.17. The zero-order valence-corrected chi connectivity index (χ0v) is 20.7. The van der Waals surface area contributed by atoms with E-state index in [4.69, 9.17) is 15.6 Å². The van der Waals surface area contributed by atoms with Crippen LogP contribution in [0.25, 0.3) is 33.0 Å². The molecule has 5 N–H and O–H groups in total. The number of nitrogens with one attached hydrogen (secondary N) is 3. The van der Waals surface area contributed by atoms with Gasteiger partial charge in [0.2, 0.25) is 5.43 Å². The maximum Gasteiger partial charge on any atom is 0.200 e. The predicted octanol–water partition coefficient (Wildman–Crippen LogP) is 5.18. The first-order valence-electron chi connectivity index (χ1n) is 12.1. The molecule has 0 saturated heterocycles. The lowest BCUT2D eigenvalue weighted by atomic mass is 10.0. The molecule has 0 bridgehead atoms. The molecular formula is C29H22FN7O2. The van der Waals surface area contributed by atoms with E-state index < -0.39 is 5.82 Å². The number of aromatic amines is 1. The molecule has 0 aliphatic carbocycles. The summed E-state index contributed by atoms with van der Waals surface area (Å²) in [6.07, 6.45) is 1.29. The second-order valence-electron chi connectivity index (χ2n) is 9.02. The number of nitrogen functional groups attached to an aromatic ring is 1. The van der Waals surface area contributed by atoms with Crippen LogP contribution >= 0.6 is 0 Å². The van der Waals surface area contributed by atoms with E-state index >= 15 is 0 Å². The fourth-order valence-electron chi connectivity index (χ4n) is 4.65. The van der Waals surface area contributed by atoms with Crippen molar-refractivity contribution < 1.29 is 8.81 Å². The molecule has 6 aromatic rings. The van der Waals surface area contributed by atoms with Gasteiger partial charge in [-0.3, -0.25) is 15.3 Å². The van der Waals surface area contributed by atoms with E-state index in [1.165, 1.54) is 18.5 Å². The first kappa shape index (κ1) is 24.0. The van der Waals surface area contributed by atoms with Gasteiger partial charge >= 0.3 is 0 Å². The Labute approximate surface area is 221 Å². The molecule has 0 aliphatic rings. The van der Waals surface area contributed by atoms with E-state index in [0.29, 0.717) is 27.7 Å². The minimum absolute atomic E-state index is 0.0153. The standard InChI is InChI=1S/C29H22FN7O2/c1-15-19-10-9-17(12-21(19)37-36-15)26(31)25-28(32)34-14-35-29(25)33-13-23-24(16-5-4-6-18(30)11-16)27(38)20-7-2-3-8-22(20)39-23/h2-12,14,31H,13H2,1H3,(H,36,37)(H3,32,33,34,35). The van der Waals surface area contributed by atoms with Crippen LogP contribution in [0.15, 0.2) is 82.3 Å². The van der Waals surface area contributed by atoms with Gasteiger partial charge in [-0.15, -0.1) is 0 Å². The molecule has 0 amide bonds. The Balaban J connectivity index is 1.41. The van der Waals surface area contributed by atoms with E-state index in [0.717, 1.165) is 16.6 Å². The predicted molar refractivity (Wildman–Crippen MR) is 148 cm³/mol. The highest BCUT2D eigenvalue weighted by atomic mass is 19.1. The van der Waals surface area contributed by atoms with Gasteiger partial charge in [-0.05, 0) is 42.8 Å². The van der Waals surface area contributed by atoms with Gasteiger partial charge in [-0.2, -0.15) is 5.10 Å². The van der Waals surface area contributed by atoms with E-state index in [2.05, 4.69) is 25.5 Å². The zero-order chi connectivity index (χ0) is 27.1. The number of hydrogen-bond acceptors (Lipinski definition) is 8. The molecular weight excluding hydrogens is 497 g/mol. The molecule has 0 aliphatic heterocycles. The minimum atomic E-state index is -0.470. The first-order valence-corrected chi connectivity index (χ1v) is 12.1. The van der Waals surface area contributed by atoms with Crippen LogP contribution in [-0.4, -0.2) is 25.9 Å². The van der Waals surface area contributed by atoms with Gasteiger partial charge in [-0.25, -0.2) is 14.4 Å². The molecule has 0 spiro atoms. The quantitative estimate of drug-likeness (QED) is 0.222. The second kappa shape index (κ2) is 9.49. The number of benzene rings is 3. The molecule has 3 aromatic heterocycles. The van der Waals surface area contributed by atoms with Gasteiger partial charge in [0.15, 0.2) is 0 Å². The number of anilines is 2. The highest BCUT2D eigenvalue weighted by Gasteiger charge is 2.20. The molecule has 192 valence electrons. The van der Waals surface area contributed by atoms with Gasteiger partial charge in [0.05, 0.1) is 40.0 Å². The van der Waals surface area contributed by atoms with E-state index in [1.807, 2.05) is 25.1 Å². The molecule has 10 heteroatoms. The Kier molecular flexibility index (Phi) is 5.84. The van der Waals surface area contributed by atoms with Crippen molar-refractivity contribution in [2.45, 2.75) is 13.5 Å². The molecule has 0 saturated carbocycles. The van der Waals surface area contributed by atoms with Crippen molar-refractivity contribution in [3.05, 3.63) is 112 Å². The molecule has 0 radical (unpaired) electrons. The summed E-state index contributed by atoms with van der Waals surface area (Å²) >= 11 is 0. The fourth-order valence-corrected chi connectivity index (χ4v) is 4.65. The number of aromatic nitrogens is 4. The number of nitrogens with two attached hydrogens (primary N) is 1. The molecule has 0 fully saturated rings. The van der Waals surface area contributed by atoms with Crippen LogP contribution < -0.4 is 16.5 Å². The average molecular weight is 520 g/mol. The van der Waals surface area contributed by atoms with E-state index in [9.17, 15) is 9.18 Å². The van der Waals surface area contributed by atoms with Crippen LogP contribution in [0.4, 0.5) is 16.0 Å². The maximum absolute atomic E-state index is 14.1. The number of rotatable bonds is 6. The molecule has 0 unspecified atom stereocenters. The van der Waals surface area contributed by atoms with Crippen molar-refractivity contribution in [3.8, 4) is 11.1 Å². The minimum Gasteiger partial charge on any atom is -0.458 e. The molecule has 3 heterocycles. The highest BCUT2D eigenvalue weighted by Crippen LogP contribution is 2.28. The van der Waals surface area contributed by atoms with Crippen LogP contribution in [0.3, 0.4) is 0 Å². The van der Waals surface area contributed by atoms with Crippen molar-refractivity contribution in [2.75, 3.05) is 11.1 Å². The number of halogens is 1. The number of aryl methyl sites for hydroxylation is 1. The summed E-state index contributed by atoms with van der Waals surface area (Å²) < 4.78 is 20.2. The van der Waals surface area contributed by atoms with Crippen LogP contribution in [-0.2, 0) is 6.54 Å². The Bertz CT molecular complexity index is 1960. The zero-order valence-electron chi connectivity index (χ0n) is 20.7. The Morgan fingerprint density at radius 3 is 2.77 bits per heavy atom. The summed E-state index contributed by atoms with van der Waals surface area (Å²) in [6, 6.07) is 18.2. The SMILES string of the molecule is Cc1n[nH]c2cc(C(=N)c3c(N)ncnc3NCc3oc4ccccc4c(=O)c3-c3cccc(F)c3)ccc12. The molecule has 6 rings (SSSR count). The van der Waals surface area contributed by atoms with Gasteiger partial charge < -0.3 is 15.5 Å². The fraction of sp³-hybridized carbons (Fsp3) is 0.0690. The lowest BCUT2D eigenvalue weighted by molar-refractivity contribution is 0.548. The summed E-state index contributed by atoms with van der Waals surface area (Å²) in [4.78, 5) is 21.9. The summed E-state index contributed by atoms with van der Waals surface area (Å²) in [7, 11) is 0. The molecule has 39 heavy (non-hydrogen) atoms. The molecule has 3 aromatic carbocycles. The second-order valence-corrected chi connectivity index (χ2v) is 9.02. The largest absolute Gasteiger partial charge is 0.458 e. The third-order valence-corrected chi connectivity index (χ3v) is 6.57. The van der Waals surface area contributed by atoms with Crippen molar-refractivity contribution in [1.29, 1.82) is 5.41 Å². The smallest absolute Gasteiger partial charge is 0.200 e. The van der Waals surface area contributed by atoms with Crippen molar-refractivity contribution in [2.24, 2.45) is 0 Å². The first-order chi connectivity index (χ1) is 18.9. The van der Waals surface area contributed by atoms with Gasteiger partial charge in [0.25, 0.3) is 0 Å². The van der Waals surface area contributed by atoms with Crippen molar-refractivity contribution in [3.63, 3.8) is 0 Å². The monoisotopic (exact) mass is 519 g/mol. The number of nitrogens with zero attached hydrogens (tertiary/aromatic N) is 3. The van der Waals surface area contributed by atoms with Gasteiger partial charge in [0, 0.05) is 10.9 Å². The van der Waals surface area contributed by atoms with Crippen LogP contribution in [0.5, 0.6) is 0 Å². The van der Waals surface area contributed by atoms with Crippen LogP contribution in [0.1, 0.15) is 22.6 Å². The normalized spacial score (nSPS) is 11.2. The third kappa shape index (κ3) is 4.27. The Morgan fingerprint density at radius 2 is 1.92 bits per heavy atom. The van der Waals surface area contributed by atoms with Gasteiger partial charge in [-0.1, -0.05) is 36.4 Å². The Morgan fingerprint density at radius 1 is 1.08 bits per heavy atom. The molecule has 0 atom stereocenters. The lowest BCUT2D eigenvalue weighted by Gasteiger charge is -2.15. The summed E-state index contributed by atoms with van der Waals surface area (Å²) in [5, 5.41) is 20.6. The summed E-state index contributed by atoms with van der Waals surface area (Å²) in [6.45, 7) is 1.92. The third-order valence-electron chi connectivity index (χ3n) is 6.57. The van der Waals surface area contributed by atoms with Gasteiger partial charge in [0.1, 0.15) is 35.1 Å². The Hall–Kier alpha value is -5.38. The maximum atomic E-state index is 14.1. The average Bonchev–Trinajstić information content (AvgIpc) is 3.31. The number of fused-ring (bicyclic) bond motifs is 2. The number of hydrogen-bond donors (Lipinski definition) is 4. The van der Waals surface area contributed by atoms with E-state index in [1.54, 1.807) is 36.4 Å². The van der Waals surface area contributed by atoms with Crippen molar-refractivity contribution >= 4 is 39.2 Å². The molecule has 9 nitrogen and oxygen atoms in total. The van der Waals surface area contributed by atoms with Crippen molar-refractivity contribution in [1.82, 2.24) is 20.2 Å². The van der Waals surface area contributed by atoms with E-state index in [-0.39, 0.29) is 40.6 Å². The topological polar surface area (TPSA) is 147 Å². The lowest BCUT2D eigenvalue weighted by Crippen LogP contribution is -2.16.